The fourth-order valence-corrected chi connectivity index (χ4v) is 0.948. The summed E-state index contributed by atoms with van der Waals surface area (Å²) >= 11 is 0. The van der Waals surface area contributed by atoms with Gasteiger partial charge in [-0.2, -0.15) is 0 Å². The molecule has 2 heteroatoms. The fourth-order valence-electron chi connectivity index (χ4n) is 0.948. The van der Waals surface area contributed by atoms with Crippen molar-refractivity contribution in [3.63, 3.8) is 0 Å². The van der Waals surface area contributed by atoms with Crippen LogP contribution < -0.4 is 5.73 Å². The third-order valence-electron chi connectivity index (χ3n) is 2.02. The van der Waals surface area contributed by atoms with Gasteiger partial charge in [-0.1, -0.05) is 24.3 Å². The monoisotopic (exact) mass is 182 g/mol. The second-order valence-electron chi connectivity index (χ2n) is 3.32. The molecule has 0 fully saturated rings. The van der Waals surface area contributed by atoms with Crippen molar-refractivity contribution in [2.24, 2.45) is 5.73 Å². The highest BCUT2D eigenvalue weighted by Gasteiger charge is 2.00. The van der Waals surface area contributed by atoms with Crippen molar-refractivity contribution in [2.45, 2.75) is 32.9 Å². The van der Waals surface area contributed by atoms with E-state index in [0.29, 0.717) is 0 Å². The van der Waals surface area contributed by atoms with Gasteiger partial charge in [0, 0.05) is 0 Å². The molecule has 0 aromatic rings. The van der Waals surface area contributed by atoms with Crippen molar-refractivity contribution in [3.05, 3.63) is 24.3 Å². The SMILES string of the molecule is CC=CC=CCCCN(C)C(C)N. The molecular weight excluding hydrogens is 160 g/mol. The van der Waals surface area contributed by atoms with Crippen LogP contribution in [0.15, 0.2) is 24.3 Å². The maximum Gasteiger partial charge on any atom is 0.0540 e. The number of hydrogen-bond acceptors (Lipinski definition) is 2. The molecule has 2 N–H and O–H groups in total. The molecule has 0 radical (unpaired) electrons. The van der Waals surface area contributed by atoms with E-state index in [1.165, 1.54) is 6.42 Å². The van der Waals surface area contributed by atoms with E-state index in [0.717, 1.165) is 13.0 Å². The van der Waals surface area contributed by atoms with Gasteiger partial charge in [-0.05, 0) is 40.3 Å². The number of nitrogens with zero attached hydrogens (tertiary/aromatic N) is 1. The molecule has 0 saturated heterocycles. The van der Waals surface area contributed by atoms with E-state index >= 15 is 0 Å². The Labute approximate surface area is 82.1 Å². The molecule has 0 spiro atoms. The maximum absolute atomic E-state index is 5.70. The van der Waals surface area contributed by atoms with Gasteiger partial charge in [0.2, 0.25) is 0 Å². The molecule has 1 atom stereocenters. The molecule has 0 aliphatic rings. The van der Waals surface area contributed by atoms with Crippen LogP contribution in [0, 0.1) is 0 Å². The lowest BCUT2D eigenvalue weighted by Crippen LogP contribution is -2.36. The van der Waals surface area contributed by atoms with E-state index in [1.807, 2.05) is 19.9 Å². The van der Waals surface area contributed by atoms with Gasteiger partial charge in [0.15, 0.2) is 0 Å². The van der Waals surface area contributed by atoms with E-state index in [1.54, 1.807) is 0 Å². The number of unbranched alkanes of at least 4 members (excludes halogenated alkanes) is 1. The van der Waals surface area contributed by atoms with Gasteiger partial charge < -0.3 is 5.73 Å². The van der Waals surface area contributed by atoms with Crippen LogP contribution in [-0.2, 0) is 0 Å². The van der Waals surface area contributed by atoms with Crippen LogP contribution in [0.2, 0.25) is 0 Å². The largest absolute Gasteiger partial charge is 0.316 e. The quantitative estimate of drug-likeness (QED) is 0.387. The number of nitrogens with two attached hydrogens (primary N) is 1. The van der Waals surface area contributed by atoms with Gasteiger partial charge in [0.25, 0.3) is 0 Å². The van der Waals surface area contributed by atoms with E-state index in [-0.39, 0.29) is 6.17 Å². The Morgan fingerprint density at radius 2 is 2.08 bits per heavy atom. The molecule has 1 unspecified atom stereocenters. The van der Waals surface area contributed by atoms with E-state index < -0.39 is 0 Å². The summed E-state index contributed by atoms with van der Waals surface area (Å²) < 4.78 is 0. The van der Waals surface area contributed by atoms with Crippen LogP contribution in [0.3, 0.4) is 0 Å². The number of hydrogen-bond donors (Lipinski definition) is 1. The molecule has 0 aliphatic carbocycles. The summed E-state index contributed by atoms with van der Waals surface area (Å²) in [5.41, 5.74) is 5.70. The predicted octanol–water partition coefficient (Wildman–Crippen LogP) is 2.14. The number of allylic oxidation sites excluding steroid dienone is 4. The summed E-state index contributed by atoms with van der Waals surface area (Å²) in [6.07, 6.45) is 10.8. The molecule has 0 rings (SSSR count). The number of rotatable bonds is 6. The lowest BCUT2D eigenvalue weighted by atomic mass is 10.2. The minimum absolute atomic E-state index is 0.166. The zero-order valence-electron chi connectivity index (χ0n) is 9.03. The smallest absolute Gasteiger partial charge is 0.0540 e. The fraction of sp³-hybridized carbons (Fsp3) is 0.636. The van der Waals surface area contributed by atoms with Crippen molar-refractivity contribution in [1.82, 2.24) is 4.90 Å². The Hall–Kier alpha value is -0.600. The van der Waals surface area contributed by atoms with E-state index in [9.17, 15) is 0 Å². The van der Waals surface area contributed by atoms with Crippen LogP contribution in [0.1, 0.15) is 26.7 Å². The zero-order valence-corrected chi connectivity index (χ0v) is 9.03. The summed E-state index contributed by atoms with van der Waals surface area (Å²) in [7, 11) is 2.06. The van der Waals surface area contributed by atoms with Gasteiger partial charge in [-0.3, -0.25) is 4.90 Å². The van der Waals surface area contributed by atoms with Crippen LogP contribution in [0.5, 0.6) is 0 Å². The Morgan fingerprint density at radius 1 is 1.38 bits per heavy atom. The van der Waals surface area contributed by atoms with E-state index in [2.05, 4.69) is 30.2 Å². The first-order valence-corrected chi connectivity index (χ1v) is 4.92. The Bertz CT molecular complexity index is 159. The third kappa shape index (κ3) is 7.75. The molecule has 0 aromatic heterocycles. The second kappa shape index (κ2) is 8.02. The van der Waals surface area contributed by atoms with Crippen LogP contribution >= 0.6 is 0 Å². The first-order valence-electron chi connectivity index (χ1n) is 4.92. The summed E-state index contributed by atoms with van der Waals surface area (Å²) in [4.78, 5) is 2.16. The molecule has 13 heavy (non-hydrogen) atoms. The molecule has 0 aromatic carbocycles. The predicted molar refractivity (Wildman–Crippen MR) is 59.5 cm³/mol. The van der Waals surface area contributed by atoms with E-state index in [4.69, 9.17) is 5.73 Å². The Balaban J connectivity index is 3.35. The molecule has 76 valence electrons. The van der Waals surface area contributed by atoms with Gasteiger partial charge >= 0.3 is 0 Å². The van der Waals surface area contributed by atoms with Gasteiger partial charge in [0.1, 0.15) is 0 Å². The highest BCUT2D eigenvalue weighted by Crippen LogP contribution is 1.96. The standard InChI is InChI=1S/C11H22N2/c1-4-5-6-7-8-9-10-13(3)11(2)12/h4-7,11H,8-10,12H2,1-3H3. The van der Waals surface area contributed by atoms with Crippen LogP contribution in [0.25, 0.3) is 0 Å². The van der Waals surface area contributed by atoms with Crippen molar-refractivity contribution < 1.29 is 0 Å². The van der Waals surface area contributed by atoms with Gasteiger partial charge in [-0.25, -0.2) is 0 Å². The molecular formula is C11H22N2. The highest BCUT2D eigenvalue weighted by molar-refractivity contribution is 5.00. The highest BCUT2D eigenvalue weighted by atomic mass is 15.2. The lowest BCUT2D eigenvalue weighted by molar-refractivity contribution is 0.261. The minimum atomic E-state index is 0.166. The molecule has 2 nitrogen and oxygen atoms in total. The molecule has 0 amide bonds. The minimum Gasteiger partial charge on any atom is -0.316 e. The third-order valence-corrected chi connectivity index (χ3v) is 2.02. The first-order chi connectivity index (χ1) is 6.18. The normalized spacial score (nSPS) is 14.8. The molecule has 0 heterocycles. The van der Waals surface area contributed by atoms with Crippen LogP contribution in [-0.4, -0.2) is 24.7 Å². The topological polar surface area (TPSA) is 29.3 Å². The average molecular weight is 182 g/mol. The van der Waals surface area contributed by atoms with Crippen molar-refractivity contribution in [2.75, 3.05) is 13.6 Å². The molecule has 0 aliphatic heterocycles. The zero-order chi connectivity index (χ0) is 10.1. The van der Waals surface area contributed by atoms with Crippen LogP contribution in [0.4, 0.5) is 0 Å². The summed E-state index contributed by atoms with van der Waals surface area (Å²) in [5.74, 6) is 0. The van der Waals surface area contributed by atoms with Crippen molar-refractivity contribution >= 4 is 0 Å². The summed E-state index contributed by atoms with van der Waals surface area (Å²) in [5, 5.41) is 0. The second-order valence-corrected chi connectivity index (χ2v) is 3.32. The Morgan fingerprint density at radius 3 is 2.62 bits per heavy atom. The maximum atomic E-state index is 5.70. The van der Waals surface area contributed by atoms with Gasteiger partial charge in [-0.15, -0.1) is 0 Å². The average Bonchev–Trinajstić information content (AvgIpc) is 2.10. The first kappa shape index (κ1) is 12.4. The summed E-state index contributed by atoms with van der Waals surface area (Å²) in [6, 6.07) is 0. The summed E-state index contributed by atoms with van der Waals surface area (Å²) in [6.45, 7) is 5.10. The van der Waals surface area contributed by atoms with Gasteiger partial charge in [0.05, 0.1) is 6.17 Å². The molecule has 0 bridgehead atoms. The Kier molecular flexibility index (Phi) is 7.65. The lowest BCUT2D eigenvalue weighted by Gasteiger charge is -2.19. The van der Waals surface area contributed by atoms with Crippen molar-refractivity contribution in [1.29, 1.82) is 0 Å². The van der Waals surface area contributed by atoms with Crippen molar-refractivity contribution in [3.8, 4) is 0 Å². The molecule has 0 saturated carbocycles.